The Bertz CT molecular complexity index is 198. The van der Waals surface area contributed by atoms with Crippen LogP contribution in [0.2, 0.25) is 0 Å². The third kappa shape index (κ3) is 13.4. The van der Waals surface area contributed by atoms with E-state index in [2.05, 4.69) is 39.0 Å². The first-order valence-corrected chi connectivity index (χ1v) is 7.60. The number of hydrogen-bond donors (Lipinski definition) is 0. The molecule has 0 aromatic heterocycles. The molecule has 0 heteroatoms. The summed E-state index contributed by atoms with van der Waals surface area (Å²) in [5.74, 6) is 0. The Hall–Kier alpha value is -0.520. The lowest BCUT2D eigenvalue weighted by molar-refractivity contribution is 0.566. The van der Waals surface area contributed by atoms with E-state index in [0.29, 0.717) is 0 Å². The van der Waals surface area contributed by atoms with E-state index in [1.165, 1.54) is 69.8 Å². The maximum absolute atomic E-state index is 2.32. The molecule has 0 bridgehead atoms. The molecule has 0 aliphatic rings. The van der Waals surface area contributed by atoms with Gasteiger partial charge >= 0.3 is 0 Å². The zero-order chi connectivity index (χ0) is 12.8. The van der Waals surface area contributed by atoms with Gasteiger partial charge in [0.2, 0.25) is 0 Å². The average molecular weight is 236 g/mol. The van der Waals surface area contributed by atoms with Crippen LogP contribution in [0.1, 0.15) is 85.0 Å². The first kappa shape index (κ1) is 16.5. The van der Waals surface area contributed by atoms with E-state index < -0.39 is 0 Å². The fourth-order valence-corrected chi connectivity index (χ4v) is 1.94. The monoisotopic (exact) mass is 236 g/mol. The summed E-state index contributed by atoms with van der Waals surface area (Å²) < 4.78 is 0. The summed E-state index contributed by atoms with van der Waals surface area (Å²) in [7, 11) is 0. The molecule has 0 nitrogen and oxygen atoms in total. The minimum absolute atomic E-state index is 1.25. The summed E-state index contributed by atoms with van der Waals surface area (Å²) in [5.41, 5.74) is 1.38. The highest BCUT2D eigenvalue weighted by atomic mass is 14.0. The van der Waals surface area contributed by atoms with Gasteiger partial charge in [-0.2, -0.15) is 0 Å². The quantitative estimate of drug-likeness (QED) is 0.286. The van der Waals surface area contributed by atoms with Crippen LogP contribution in [0.15, 0.2) is 23.8 Å². The van der Waals surface area contributed by atoms with Crippen LogP contribution >= 0.6 is 0 Å². The van der Waals surface area contributed by atoms with Crippen molar-refractivity contribution in [3.8, 4) is 0 Å². The van der Waals surface area contributed by atoms with Crippen molar-refractivity contribution < 1.29 is 0 Å². The van der Waals surface area contributed by atoms with Gasteiger partial charge in [-0.05, 0) is 26.7 Å². The Balaban J connectivity index is 3.11. The lowest BCUT2D eigenvalue weighted by Crippen LogP contribution is -1.80. The van der Waals surface area contributed by atoms with Crippen LogP contribution in [0, 0.1) is 0 Å². The van der Waals surface area contributed by atoms with E-state index in [1.807, 2.05) is 0 Å². The smallest absolute Gasteiger partial charge is 0.0348 e. The molecule has 0 N–H and O–H groups in total. The van der Waals surface area contributed by atoms with Crippen LogP contribution in [0.4, 0.5) is 0 Å². The highest BCUT2D eigenvalue weighted by Gasteiger charge is 1.91. The van der Waals surface area contributed by atoms with Crippen LogP contribution < -0.4 is 0 Å². The molecule has 0 saturated carbocycles. The van der Waals surface area contributed by atoms with Crippen LogP contribution in [-0.2, 0) is 0 Å². The second kappa shape index (κ2) is 13.5. The van der Waals surface area contributed by atoms with Crippen molar-refractivity contribution in [2.75, 3.05) is 0 Å². The average Bonchev–Trinajstić information content (AvgIpc) is 2.35. The standard InChI is InChI=1S/C17H32/c1-4-6-7-8-9-10-11-12-13-14-15-16-17(3)5-2/h5,15-16H,4,6-14H2,1-3H3. The Morgan fingerprint density at radius 1 is 0.824 bits per heavy atom. The van der Waals surface area contributed by atoms with Gasteiger partial charge in [-0.3, -0.25) is 0 Å². The minimum atomic E-state index is 1.25. The fourth-order valence-electron chi connectivity index (χ4n) is 1.94. The molecule has 100 valence electrons. The predicted octanol–water partition coefficient (Wildman–Crippen LogP) is 6.43. The molecule has 0 atom stereocenters. The topological polar surface area (TPSA) is 0 Å². The molecule has 0 radical (unpaired) electrons. The van der Waals surface area contributed by atoms with E-state index in [4.69, 9.17) is 0 Å². The molecule has 0 amide bonds. The number of rotatable bonds is 11. The Morgan fingerprint density at radius 3 is 1.88 bits per heavy atom. The van der Waals surface area contributed by atoms with Crippen molar-refractivity contribution in [1.29, 1.82) is 0 Å². The molecule has 0 aliphatic carbocycles. The van der Waals surface area contributed by atoms with Crippen molar-refractivity contribution >= 4 is 0 Å². The minimum Gasteiger partial charge on any atom is -0.0847 e. The molecular formula is C17H32. The highest BCUT2D eigenvalue weighted by Crippen LogP contribution is 2.10. The molecule has 0 spiro atoms. The summed E-state index contributed by atoms with van der Waals surface area (Å²) in [6.07, 6.45) is 20.8. The van der Waals surface area contributed by atoms with Gasteiger partial charge in [0.1, 0.15) is 0 Å². The summed E-state index contributed by atoms with van der Waals surface area (Å²) in [5, 5.41) is 0. The van der Waals surface area contributed by atoms with E-state index in [0.717, 1.165) is 0 Å². The lowest BCUT2D eigenvalue weighted by Gasteiger charge is -2.00. The number of unbranched alkanes of at least 4 members (excludes halogenated alkanes) is 9. The van der Waals surface area contributed by atoms with Crippen molar-refractivity contribution in [2.45, 2.75) is 85.0 Å². The van der Waals surface area contributed by atoms with E-state index in [1.54, 1.807) is 0 Å². The largest absolute Gasteiger partial charge is 0.0847 e. The first-order valence-electron chi connectivity index (χ1n) is 7.60. The third-order valence-corrected chi connectivity index (χ3v) is 3.31. The molecule has 0 aromatic carbocycles. The van der Waals surface area contributed by atoms with Crippen molar-refractivity contribution in [3.63, 3.8) is 0 Å². The van der Waals surface area contributed by atoms with Gasteiger partial charge in [-0.15, -0.1) is 0 Å². The summed E-state index contributed by atoms with van der Waals surface area (Å²) >= 11 is 0. The van der Waals surface area contributed by atoms with Crippen LogP contribution in [0.3, 0.4) is 0 Å². The van der Waals surface area contributed by atoms with Gasteiger partial charge in [0.25, 0.3) is 0 Å². The molecule has 0 saturated heterocycles. The number of allylic oxidation sites excluding steroid dienone is 4. The van der Waals surface area contributed by atoms with Crippen molar-refractivity contribution in [1.82, 2.24) is 0 Å². The Kier molecular flexibility index (Phi) is 13.1. The zero-order valence-electron chi connectivity index (χ0n) is 12.3. The SMILES string of the molecule is CC=C(C)C=CCCCCCCCCCCC. The van der Waals surface area contributed by atoms with Crippen LogP contribution in [0.25, 0.3) is 0 Å². The molecule has 0 aliphatic heterocycles. The predicted molar refractivity (Wildman–Crippen MR) is 80.4 cm³/mol. The summed E-state index contributed by atoms with van der Waals surface area (Å²) in [6, 6.07) is 0. The normalized spacial score (nSPS) is 12.5. The van der Waals surface area contributed by atoms with Gasteiger partial charge in [0, 0.05) is 0 Å². The highest BCUT2D eigenvalue weighted by molar-refractivity contribution is 5.14. The maximum atomic E-state index is 2.32. The fraction of sp³-hybridized carbons (Fsp3) is 0.765. The summed E-state index contributed by atoms with van der Waals surface area (Å²) in [6.45, 7) is 6.54. The first-order chi connectivity index (χ1) is 8.31. The van der Waals surface area contributed by atoms with Gasteiger partial charge in [-0.1, -0.05) is 82.1 Å². The van der Waals surface area contributed by atoms with Crippen LogP contribution in [0.5, 0.6) is 0 Å². The lowest BCUT2D eigenvalue weighted by atomic mass is 10.1. The van der Waals surface area contributed by atoms with Gasteiger partial charge in [0.15, 0.2) is 0 Å². The van der Waals surface area contributed by atoms with Crippen molar-refractivity contribution in [3.05, 3.63) is 23.8 Å². The van der Waals surface area contributed by atoms with Crippen molar-refractivity contribution in [2.24, 2.45) is 0 Å². The molecule has 0 rings (SSSR count). The Morgan fingerprint density at radius 2 is 1.35 bits per heavy atom. The molecular weight excluding hydrogens is 204 g/mol. The second-order valence-corrected chi connectivity index (χ2v) is 5.05. The molecule has 17 heavy (non-hydrogen) atoms. The van der Waals surface area contributed by atoms with E-state index in [9.17, 15) is 0 Å². The molecule has 0 fully saturated rings. The summed E-state index contributed by atoms with van der Waals surface area (Å²) in [4.78, 5) is 0. The Labute approximate surface area is 109 Å². The molecule has 0 unspecified atom stereocenters. The van der Waals surface area contributed by atoms with Gasteiger partial charge < -0.3 is 0 Å². The van der Waals surface area contributed by atoms with Crippen LogP contribution in [-0.4, -0.2) is 0 Å². The van der Waals surface area contributed by atoms with Gasteiger partial charge in [-0.25, -0.2) is 0 Å². The zero-order valence-corrected chi connectivity index (χ0v) is 12.3. The second-order valence-electron chi connectivity index (χ2n) is 5.05. The molecule has 0 heterocycles. The maximum Gasteiger partial charge on any atom is -0.0348 e. The third-order valence-electron chi connectivity index (χ3n) is 3.31. The van der Waals surface area contributed by atoms with Gasteiger partial charge in [0.05, 0.1) is 0 Å². The number of hydrogen-bond acceptors (Lipinski definition) is 0. The van der Waals surface area contributed by atoms with E-state index in [-0.39, 0.29) is 0 Å². The van der Waals surface area contributed by atoms with E-state index >= 15 is 0 Å². The molecule has 0 aromatic rings.